The smallest absolute Gasteiger partial charge is 0.153 e. The molecule has 0 aliphatic carbocycles. The first kappa shape index (κ1) is 10.4. The standard InChI is InChI=1S/C10H11BrO2/c1-7-3-4-8(5-9(7)11)10(6-12)13-2/h3-6,10H,1-2H3. The zero-order chi connectivity index (χ0) is 9.84. The van der Waals surface area contributed by atoms with Gasteiger partial charge in [0, 0.05) is 11.6 Å². The van der Waals surface area contributed by atoms with Crippen molar-refractivity contribution in [1.29, 1.82) is 0 Å². The first-order valence-electron chi connectivity index (χ1n) is 3.93. The summed E-state index contributed by atoms with van der Waals surface area (Å²) in [5.74, 6) is 0. The Morgan fingerprint density at radius 3 is 2.69 bits per heavy atom. The Morgan fingerprint density at radius 1 is 1.54 bits per heavy atom. The van der Waals surface area contributed by atoms with Crippen LogP contribution in [0.1, 0.15) is 17.2 Å². The third kappa shape index (κ3) is 2.39. The molecule has 0 aliphatic rings. The van der Waals surface area contributed by atoms with Crippen LogP contribution in [0.2, 0.25) is 0 Å². The van der Waals surface area contributed by atoms with Crippen LogP contribution >= 0.6 is 15.9 Å². The summed E-state index contributed by atoms with van der Waals surface area (Å²) in [6.45, 7) is 2.00. The molecule has 0 heterocycles. The number of carbonyl (C=O) groups is 1. The molecule has 0 amide bonds. The lowest BCUT2D eigenvalue weighted by Gasteiger charge is -2.09. The van der Waals surface area contributed by atoms with Gasteiger partial charge in [0.2, 0.25) is 0 Å². The molecule has 0 aromatic heterocycles. The van der Waals surface area contributed by atoms with Crippen LogP contribution in [0.25, 0.3) is 0 Å². The van der Waals surface area contributed by atoms with Gasteiger partial charge in [-0.25, -0.2) is 0 Å². The van der Waals surface area contributed by atoms with E-state index in [2.05, 4.69) is 15.9 Å². The Kier molecular flexibility index (Phi) is 3.63. The highest BCUT2D eigenvalue weighted by molar-refractivity contribution is 9.10. The second-order valence-electron chi connectivity index (χ2n) is 2.80. The lowest BCUT2D eigenvalue weighted by atomic mass is 10.1. The summed E-state index contributed by atoms with van der Waals surface area (Å²) in [5, 5.41) is 0. The van der Waals surface area contributed by atoms with Crippen molar-refractivity contribution in [3.63, 3.8) is 0 Å². The second-order valence-corrected chi connectivity index (χ2v) is 3.66. The van der Waals surface area contributed by atoms with Gasteiger partial charge in [-0.3, -0.25) is 0 Å². The molecule has 0 saturated heterocycles. The van der Waals surface area contributed by atoms with Gasteiger partial charge in [0.1, 0.15) is 6.10 Å². The Labute approximate surface area is 86.0 Å². The van der Waals surface area contributed by atoms with Crippen molar-refractivity contribution in [2.24, 2.45) is 0 Å². The van der Waals surface area contributed by atoms with E-state index in [1.807, 2.05) is 25.1 Å². The van der Waals surface area contributed by atoms with Gasteiger partial charge in [0.15, 0.2) is 6.29 Å². The fourth-order valence-corrected chi connectivity index (χ4v) is 1.45. The Balaban J connectivity index is 3.01. The molecule has 2 nitrogen and oxygen atoms in total. The quantitative estimate of drug-likeness (QED) is 0.763. The van der Waals surface area contributed by atoms with E-state index >= 15 is 0 Å². The normalized spacial score (nSPS) is 12.5. The van der Waals surface area contributed by atoms with Crippen LogP contribution in [0.3, 0.4) is 0 Å². The highest BCUT2D eigenvalue weighted by Crippen LogP contribution is 2.22. The molecule has 3 heteroatoms. The summed E-state index contributed by atoms with van der Waals surface area (Å²) in [7, 11) is 1.52. The number of hydrogen-bond acceptors (Lipinski definition) is 2. The van der Waals surface area contributed by atoms with Crippen LogP contribution in [0, 0.1) is 6.92 Å². The number of hydrogen-bond donors (Lipinski definition) is 0. The van der Waals surface area contributed by atoms with Crippen molar-refractivity contribution in [2.45, 2.75) is 13.0 Å². The first-order valence-corrected chi connectivity index (χ1v) is 4.72. The minimum Gasteiger partial charge on any atom is -0.369 e. The number of aryl methyl sites for hydroxylation is 1. The monoisotopic (exact) mass is 242 g/mol. The third-order valence-electron chi connectivity index (χ3n) is 1.90. The van der Waals surface area contributed by atoms with E-state index in [0.29, 0.717) is 0 Å². The van der Waals surface area contributed by atoms with E-state index in [9.17, 15) is 4.79 Å². The molecule has 13 heavy (non-hydrogen) atoms. The van der Waals surface area contributed by atoms with Crippen molar-refractivity contribution < 1.29 is 9.53 Å². The van der Waals surface area contributed by atoms with Crippen LogP contribution in [0.4, 0.5) is 0 Å². The molecule has 1 atom stereocenters. The predicted molar refractivity (Wildman–Crippen MR) is 54.7 cm³/mol. The lowest BCUT2D eigenvalue weighted by Crippen LogP contribution is -2.02. The summed E-state index contributed by atoms with van der Waals surface area (Å²) in [5.41, 5.74) is 2.01. The molecular weight excluding hydrogens is 232 g/mol. The van der Waals surface area contributed by atoms with Crippen LogP contribution < -0.4 is 0 Å². The van der Waals surface area contributed by atoms with Crippen LogP contribution in [-0.2, 0) is 9.53 Å². The third-order valence-corrected chi connectivity index (χ3v) is 2.76. The molecule has 0 N–H and O–H groups in total. The van der Waals surface area contributed by atoms with Crippen molar-refractivity contribution in [1.82, 2.24) is 0 Å². The molecule has 0 aliphatic heterocycles. The summed E-state index contributed by atoms with van der Waals surface area (Å²) in [6, 6.07) is 5.75. The van der Waals surface area contributed by atoms with Gasteiger partial charge < -0.3 is 9.53 Å². The molecule has 0 saturated carbocycles. The SMILES string of the molecule is COC(C=O)c1ccc(C)c(Br)c1. The summed E-state index contributed by atoms with van der Waals surface area (Å²) in [4.78, 5) is 10.6. The predicted octanol–water partition coefficient (Wildman–Crippen LogP) is 2.64. The van der Waals surface area contributed by atoms with Crippen LogP contribution in [0.15, 0.2) is 22.7 Å². The van der Waals surface area contributed by atoms with E-state index in [4.69, 9.17) is 4.74 Å². The van der Waals surface area contributed by atoms with E-state index in [-0.39, 0.29) is 0 Å². The van der Waals surface area contributed by atoms with Crippen LogP contribution in [0.5, 0.6) is 0 Å². The Morgan fingerprint density at radius 2 is 2.23 bits per heavy atom. The number of ether oxygens (including phenoxy) is 1. The van der Waals surface area contributed by atoms with Gasteiger partial charge >= 0.3 is 0 Å². The molecule has 1 unspecified atom stereocenters. The average Bonchev–Trinajstić information content (AvgIpc) is 2.13. The first-order chi connectivity index (χ1) is 6.19. The van der Waals surface area contributed by atoms with Gasteiger partial charge in [0.05, 0.1) is 0 Å². The van der Waals surface area contributed by atoms with Crippen molar-refractivity contribution in [2.75, 3.05) is 7.11 Å². The summed E-state index contributed by atoms with van der Waals surface area (Å²) in [6.07, 6.45) is 0.328. The number of methoxy groups -OCH3 is 1. The van der Waals surface area contributed by atoms with Gasteiger partial charge in [-0.1, -0.05) is 28.1 Å². The molecular formula is C10H11BrO2. The maximum atomic E-state index is 10.6. The van der Waals surface area contributed by atoms with Gasteiger partial charge in [-0.15, -0.1) is 0 Å². The van der Waals surface area contributed by atoms with E-state index in [1.165, 1.54) is 7.11 Å². The molecule has 1 rings (SSSR count). The molecule has 1 aromatic carbocycles. The van der Waals surface area contributed by atoms with Crippen molar-refractivity contribution in [3.05, 3.63) is 33.8 Å². The number of rotatable bonds is 3. The zero-order valence-electron chi connectivity index (χ0n) is 7.58. The van der Waals surface area contributed by atoms with Crippen molar-refractivity contribution in [3.8, 4) is 0 Å². The second kappa shape index (κ2) is 4.53. The van der Waals surface area contributed by atoms with Crippen molar-refractivity contribution >= 4 is 22.2 Å². The minimum absolute atomic E-state index is 0.461. The van der Waals surface area contributed by atoms with Gasteiger partial charge in [0.25, 0.3) is 0 Å². The number of aldehydes is 1. The molecule has 1 aromatic rings. The van der Waals surface area contributed by atoms with Gasteiger partial charge in [-0.05, 0) is 24.1 Å². The molecule has 0 fully saturated rings. The topological polar surface area (TPSA) is 26.3 Å². The van der Waals surface area contributed by atoms with E-state index < -0.39 is 6.10 Å². The Bertz CT molecular complexity index is 310. The average molecular weight is 243 g/mol. The van der Waals surface area contributed by atoms with Gasteiger partial charge in [-0.2, -0.15) is 0 Å². The highest BCUT2D eigenvalue weighted by atomic mass is 79.9. The number of benzene rings is 1. The molecule has 0 spiro atoms. The number of halogens is 1. The maximum Gasteiger partial charge on any atom is 0.153 e. The highest BCUT2D eigenvalue weighted by Gasteiger charge is 2.09. The zero-order valence-corrected chi connectivity index (χ0v) is 9.17. The fraction of sp³-hybridized carbons (Fsp3) is 0.300. The summed E-state index contributed by atoms with van der Waals surface area (Å²) >= 11 is 3.40. The molecule has 70 valence electrons. The largest absolute Gasteiger partial charge is 0.369 e. The van der Waals surface area contributed by atoms with E-state index in [1.54, 1.807) is 0 Å². The number of carbonyl (C=O) groups excluding carboxylic acids is 1. The minimum atomic E-state index is -0.461. The molecule has 0 bridgehead atoms. The van der Waals surface area contributed by atoms with Crippen LogP contribution in [-0.4, -0.2) is 13.4 Å². The Hall–Kier alpha value is -0.670. The summed E-state index contributed by atoms with van der Waals surface area (Å²) < 4.78 is 5.99. The maximum absolute atomic E-state index is 10.6. The fourth-order valence-electron chi connectivity index (χ4n) is 1.06. The molecule has 0 radical (unpaired) electrons. The lowest BCUT2D eigenvalue weighted by molar-refractivity contribution is -0.116. The van der Waals surface area contributed by atoms with E-state index in [0.717, 1.165) is 21.9 Å².